The Morgan fingerprint density at radius 2 is 1.89 bits per heavy atom. The Morgan fingerprint density at radius 1 is 1.22 bits per heavy atom. The minimum atomic E-state index is -0.255. The molecule has 0 bridgehead atoms. The summed E-state index contributed by atoms with van der Waals surface area (Å²) in [6.07, 6.45) is 2.38. The molecule has 1 fully saturated rings. The van der Waals surface area contributed by atoms with E-state index < -0.39 is 0 Å². The Kier molecular flexibility index (Phi) is 3.60. The maximum Gasteiger partial charge on any atom is 0.254 e. The zero-order valence-corrected chi connectivity index (χ0v) is 10.7. The minimum absolute atomic E-state index is 0.196. The van der Waals surface area contributed by atoms with Crippen LogP contribution in [0.15, 0.2) is 29.8 Å². The lowest BCUT2D eigenvalue weighted by atomic mass is 9.98. The maximum absolute atomic E-state index is 11.6. The standard InChI is InChI=1S/C15H17NO2/c1-3-4-11-5-7-12(8-6-11)10(2)13-9-14(17)16-15(13)18/h5-8H,3-4,9H2,1-2H3,(H,16,17,18). The first-order chi connectivity index (χ1) is 8.61. The summed E-state index contributed by atoms with van der Waals surface area (Å²) in [5.41, 5.74) is 3.78. The normalized spacial score (nSPS) is 17.9. The number of imide groups is 1. The highest BCUT2D eigenvalue weighted by atomic mass is 16.2. The van der Waals surface area contributed by atoms with Crippen LogP contribution in [0.5, 0.6) is 0 Å². The second-order valence-corrected chi connectivity index (χ2v) is 4.60. The van der Waals surface area contributed by atoms with Crippen molar-refractivity contribution in [1.82, 2.24) is 5.32 Å². The number of hydrogen-bond donors (Lipinski definition) is 1. The molecule has 2 rings (SSSR count). The van der Waals surface area contributed by atoms with Crippen LogP contribution in [0, 0.1) is 0 Å². The molecule has 0 saturated carbocycles. The van der Waals surface area contributed by atoms with Crippen molar-refractivity contribution in [2.75, 3.05) is 0 Å². The molecule has 2 amide bonds. The third-order valence-electron chi connectivity index (χ3n) is 3.24. The molecule has 1 saturated heterocycles. The van der Waals surface area contributed by atoms with Gasteiger partial charge in [0.15, 0.2) is 0 Å². The van der Waals surface area contributed by atoms with Gasteiger partial charge < -0.3 is 0 Å². The van der Waals surface area contributed by atoms with Gasteiger partial charge in [-0.1, -0.05) is 37.6 Å². The van der Waals surface area contributed by atoms with Crippen LogP contribution in [0.4, 0.5) is 0 Å². The van der Waals surface area contributed by atoms with Crippen LogP contribution in [0.25, 0.3) is 5.57 Å². The number of rotatable bonds is 3. The van der Waals surface area contributed by atoms with E-state index in [2.05, 4.69) is 24.4 Å². The first kappa shape index (κ1) is 12.6. The van der Waals surface area contributed by atoms with E-state index in [-0.39, 0.29) is 18.2 Å². The molecule has 1 heterocycles. The van der Waals surface area contributed by atoms with Gasteiger partial charge in [0.05, 0.1) is 6.42 Å². The fourth-order valence-corrected chi connectivity index (χ4v) is 2.17. The minimum Gasteiger partial charge on any atom is -0.292 e. The van der Waals surface area contributed by atoms with E-state index in [0.717, 1.165) is 24.0 Å². The highest BCUT2D eigenvalue weighted by molar-refractivity contribution is 6.17. The summed E-state index contributed by atoms with van der Waals surface area (Å²) in [5.74, 6) is -0.466. The highest BCUT2D eigenvalue weighted by Crippen LogP contribution is 2.24. The second kappa shape index (κ2) is 5.17. The van der Waals surface area contributed by atoms with Gasteiger partial charge in [-0.3, -0.25) is 14.9 Å². The average Bonchev–Trinajstić information content (AvgIpc) is 2.69. The smallest absolute Gasteiger partial charge is 0.254 e. The van der Waals surface area contributed by atoms with Gasteiger partial charge in [0.1, 0.15) is 0 Å². The third kappa shape index (κ3) is 2.50. The molecular weight excluding hydrogens is 226 g/mol. The summed E-state index contributed by atoms with van der Waals surface area (Å²) in [6, 6.07) is 8.20. The molecule has 1 N–H and O–H groups in total. The monoisotopic (exact) mass is 243 g/mol. The van der Waals surface area contributed by atoms with Crippen molar-refractivity contribution in [2.45, 2.75) is 33.1 Å². The van der Waals surface area contributed by atoms with Crippen molar-refractivity contribution < 1.29 is 9.59 Å². The number of hydrogen-bond acceptors (Lipinski definition) is 2. The van der Waals surface area contributed by atoms with Gasteiger partial charge in [-0.15, -0.1) is 0 Å². The molecule has 1 aliphatic rings. The lowest BCUT2D eigenvalue weighted by Crippen LogP contribution is -2.19. The van der Waals surface area contributed by atoms with Crippen molar-refractivity contribution in [2.24, 2.45) is 0 Å². The number of nitrogens with one attached hydrogen (secondary N) is 1. The summed E-state index contributed by atoms with van der Waals surface area (Å²) in [4.78, 5) is 22.8. The fraction of sp³-hybridized carbons (Fsp3) is 0.333. The molecule has 0 atom stereocenters. The SMILES string of the molecule is CCCc1ccc(C(C)=C2CC(=O)NC2=O)cc1. The van der Waals surface area contributed by atoms with Crippen molar-refractivity contribution >= 4 is 17.4 Å². The van der Waals surface area contributed by atoms with Gasteiger partial charge in [0.25, 0.3) is 5.91 Å². The van der Waals surface area contributed by atoms with Crippen LogP contribution in [0.3, 0.4) is 0 Å². The number of carbonyl (C=O) groups is 2. The average molecular weight is 243 g/mol. The molecule has 1 aromatic carbocycles. The summed E-state index contributed by atoms with van der Waals surface area (Å²) in [6.45, 7) is 4.04. The zero-order chi connectivity index (χ0) is 13.1. The van der Waals surface area contributed by atoms with E-state index in [0.29, 0.717) is 5.57 Å². The predicted octanol–water partition coefficient (Wildman–Crippen LogP) is 2.46. The third-order valence-corrected chi connectivity index (χ3v) is 3.24. The van der Waals surface area contributed by atoms with Gasteiger partial charge >= 0.3 is 0 Å². The van der Waals surface area contributed by atoms with Crippen molar-refractivity contribution in [3.05, 3.63) is 41.0 Å². The number of carbonyl (C=O) groups excluding carboxylic acids is 2. The Bertz CT molecular complexity index is 512. The van der Waals surface area contributed by atoms with E-state index in [4.69, 9.17) is 0 Å². The van der Waals surface area contributed by atoms with Gasteiger partial charge in [-0.2, -0.15) is 0 Å². The van der Waals surface area contributed by atoms with Crippen LogP contribution in [-0.4, -0.2) is 11.8 Å². The van der Waals surface area contributed by atoms with Gasteiger partial charge in [-0.05, 0) is 30.0 Å². The van der Waals surface area contributed by atoms with Crippen LogP contribution >= 0.6 is 0 Å². The summed E-state index contributed by atoms with van der Waals surface area (Å²) >= 11 is 0. The van der Waals surface area contributed by atoms with Crippen molar-refractivity contribution in [3.8, 4) is 0 Å². The molecule has 0 unspecified atom stereocenters. The molecule has 0 aromatic heterocycles. The van der Waals surface area contributed by atoms with E-state index >= 15 is 0 Å². The Labute approximate surface area is 107 Å². The van der Waals surface area contributed by atoms with Gasteiger partial charge in [-0.25, -0.2) is 0 Å². The van der Waals surface area contributed by atoms with E-state index in [1.165, 1.54) is 5.56 Å². The molecule has 0 aliphatic carbocycles. The molecular formula is C15H17NO2. The molecule has 1 aromatic rings. The number of amides is 2. The molecule has 0 spiro atoms. The van der Waals surface area contributed by atoms with Crippen LogP contribution < -0.4 is 5.32 Å². The molecule has 94 valence electrons. The summed E-state index contributed by atoms with van der Waals surface area (Å²) in [5, 5.41) is 2.31. The largest absolute Gasteiger partial charge is 0.292 e. The quantitative estimate of drug-likeness (QED) is 0.654. The fourth-order valence-electron chi connectivity index (χ4n) is 2.17. The first-order valence-corrected chi connectivity index (χ1v) is 6.25. The highest BCUT2D eigenvalue weighted by Gasteiger charge is 2.26. The number of benzene rings is 1. The van der Waals surface area contributed by atoms with E-state index in [1.54, 1.807) is 0 Å². The van der Waals surface area contributed by atoms with Crippen LogP contribution in [0.2, 0.25) is 0 Å². The Morgan fingerprint density at radius 3 is 2.39 bits per heavy atom. The van der Waals surface area contributed by atoms with Gasteiger partial charge in [0, 0.05) is 5.57 Å². The molecule has 3 nitrogen and oxygen atoms in total. The molecule has 3 heteroatoms. The summed E-state index contributed by atoms with van der Waals surface area (Å²) in [7, 11) is 0. The van der Waals surface area contributed by atoms with Crippen molar-refractivity contribution in [1.29, 1.82) is 0 Å². The Balaban J connectivity index is 2.28. The zero-order valence-electron chi connectivity index (χ0n) is 10.7. The maximum atomic E-state index is 11.6. The lowest BCUT2D eigenvalue weighted by molar-refractivity contribution is -0.124. The molecule has 1 aliphatic heterocycles. The molecule has 0 radical (unpaired) electrons. The van der Waals surface area contributed by atoms with Crippen molar-refractivity contribution in [3.63, 3.8) is 0 Å². The lowest BCUT2D eigenvalue weighted by Gasteiger charge is -2.06. The van der Waals surface area contributed by atoms with E-state index in [9.17, 15) is 9.59 Å². The second-order valence-electron chi connectivity index (χ2n) is 4.60. The van der Waals surface area contributed by atoms with Gasteiger partial charge in [0.2, 0.25) is 5.91 Å². The van der Waals surface area contributed by atoms with Crippen LogP contribution in [0.1, 0.15) is 37.8 Å². The first-order valence-electron chi connectivity index (χ1n) is 6.25. The van der Waals surface area contributed by atoms with Crippen LogP contribution in [-0.2, 0) is 16.0 Å². The van der Waals surface area contributed by atoms with E-state index in [1.807, 2.05) is 19.1 Å². The number of aryl methyl sites for hydroxylation is 1. The predicted molar refractivity (Wildman–Crippen MR) is 70.8 cm³/mol. The Hall–Kier alpha value is -1.90. The topological polar surface area (TPSA) is 46.2 Å². The molecule has 18 heavy (non-hydrogen) atoms. The number of allylic oxidation sites excluding steroid dienone is 1. The summed E-state index contributed by atoms with van der Waals surface area (Å²) < 4.78 is 0.